The van der Waals surface area contributed by atoms with Crippen molar-refractivity contribution in [3.8, 4) is 0 Å². The summed E-state index contributed by atoms with van der Waals surface area (Å²) in [6, 6.07) is 3.90. The van der Waals surface area contributed by atoms with Gasteiger partial charge in [0, 0.05) is 6.54 Å². The Hall–Kier alpha value is -1.95. The lowest BCUT2D eigenvalue weighted by Crippen LogP contribution is -2.42. The minimum atomic E-state index is -0.977. The molecule has 0 saturated carbocycles. The molecule has 0 aliphatic rings. The number of carbonyl (C=O) groups is 2. The molecule has 2 N–H and O–H groups in total. The second-order valence-corrected chi connectivity index (χ2v) is 4.79. The fraction of sp³-hybridized carbons (Fsp3) is 0.429. The van der Waals surface area contributed by atoms with Gasteiger partial charge in [-0.15, -0.1) is 0 Å². The summed E-state index contributed by atoms with van der Waals surface area (Å²) in [6.45, 7) is 3.45. The van der Waals surface area contributed by atoms with Crippen LogP contribution in [0.3, 0.4) is 0 Å². The summed E-state index contributed by atoms with van der Waals surface area (Å²) in [7, 11) is 1.57. The molecule has 0 aliphatic carbocycles. The highest BCUT2D eigenvalue weighted by Crippen LogP contribution is 2.08. The van der Waals surface area contributed by atoms with Gasteiger partial charge in [-0.05, 0) is 38.1 Å². The van der Waals surface area contributed by atoms with Crippen LogP contribution in [0.4, 0.5) is 4.39 Å². The number of carboxylic acid groups (broad SMARTS) is 1. The summed E-state index contributed by atoms with van der Waals surface area (Å²) < 4.78 is 13.1. The standard InChI is InChI=1S/C14H19FN2O3/c1-9-6-11(4-5-12(9)15)7-16-13(18)8-17(3)10(2)14(19)20/h4-6,10H,7-8H2,1-3H3,(H,16,18)(H,19,20). The number of carboxylic acids is 1. The number of nitrogens with zero attached hydrogens (tertiary/aromatic N) is 1. The molecule has 5 nitrogen and oxygen atoms in total. The van der Waals surface area contributed by atoms with Crippen LogP contribution < -0.4 is 5.32 Å². The molecule has 0 aliphatic heterocycles. The zero-order valence-corrected chi connectivity index (χ0v) is 11.8. The van der Waals surface area contributed by atoms with Crippen molar-refractivity contribution in [1.29, 1.82) is 0 Å². The van der Waals surface area contributed by atoms with Gasteiger partial charge in [0.2, 0.25) is 5.91 Å². The van der Waals surface area contributed by atoms with Gasteiger partial charge in [0.25, 0.3) is 0 Å². The smallest absolute Gasteiger partial charge is 0.320 e. The van der Waals surface area contributed by atoms with Gasteiger partial charge in [0.05, 0.1) is 6.54 Å². The first-order valence-corrected chi connectivity index (χ1v) is 6.26. The first-order chi connectivity index (χ1) is 9.31. The summed E-state index contributed by atoms with van der Waals surface area (Å²) in [6.07, 6.45) is 0. The second kappa shape index (κ2) is 7.00. The predicted octanol–water partition coefficient (Wildman–Crippen LogP) is 1.16. The SMILES string of the molecule is Cc1cc(CNC(=O)CN(C)C(C)C(=O)O)ccc1F. The quantitative estimate of drug-likeness (QED) is 0.821. The minimum Gasteiger partial charge on any atom is -0.480 e. The third-order valence-electron chi connectivity index (χ3n) is 3.12. The van der Waals surface area contributed by atoms with E-state index in [1.807, 2.05) is 0 Å². The monoisotopic (exact) mass is 282 g/mol. The highest BCUT2D eigenvalue weighted by molar-refractivity contribution is 5.79. The largest absolute Gasteiger partial charge is 0.480 e. The average Bonchev–Trinajstić information content (AvgIpc) is 2.39. The van der Waals surface area contributed by atoms with E-state index in [0.717, 1.165) is 5.56 Å². The lowest BCUT2D eigenvalue weighted by molar-refractivity contribution is -0.142. The molecule has 0 bridgehead atoms. The average molecular weight is 282 g/mol. The molecule has 0 heterocycles. The molecule has 1 aromatic carbocycles. The number of benzene rings is 1. The summed E-state index contributed by atoms with van der Waals surface area (Å²) >= 11 is 0. The number of halogens is 1. The lowest BCUT2D eigenvalue weighted by Gasteiger charge is -2.20. The molecule has 1 unspecified atom stereocenters. The Labute approximate surface area is 117 Å². The van der Waals surface area contributed by atoms with Crippen LogP contribution in [0.2, 0.25) is 0 Å². The fourth-order valence-corrected chi connectivity index (χ4v) is 1.63. The normalized spacial score (nSPS) is 12.2. The molecular weight excluding hydrogens is 263 g/mol. The van der Waals surface area contributed by atoms with Crippen molar-refractivity contribution in [3.63, 3.8) is 0 Å². The number of hydrogen-bond donors (Lipinski definition) is 2. The minimum absolute atomic E-state index is 0.00631. The van der Waals surface area contributed by atoms with Crippen molar-refractivity contribution in [2.24, 2.45) is 0 Å². The maximum Gasteiger partial charge on any atom is 0.320 e. The van der Waals surface area contributed by atoms with Gasteiger partial charge < -0.3 is 10.4 Å². The summed E-state index contributed by atoms with van der Waals surface area (Å²) in [5.41, 5.74) is 1.32. The molecule has 110 valence electrons. The maximum atomic E-state index is 13.1. The zero-order valence-electron chi connectivity index (χ0n) is 11.8. The van der Waals surface area contributed by atoms with Gasteiger partial charge in [-0.2, -0.15) is 0 Å². The summed E-state index contributed by atoms with van der Waals surface area (Å²) in [5, 5.41) is 11.5. The van der Waals surface area contributed by atoms with Crippen molar-refractivity contribution < 1.29 is 19.1 Å². The Morgan fingerprint density at radius 2 is 2.10 bits per heavy atom. The molecule has 1 atom stereocenters. The number of hydrogen-bond acceptors (Lipinski definition) is 3. The molecule has 0 fully saturated rings. The number of carbonyl (C=O) groups excluding carboxylic acids is 1. The Bertz CT molecular complexity index is 505. The Balaban J connectivity index is 2.47. The first-order valence-electron chi connectivity index (χ1n) is 6.26. The highest BCUT2D eigenvalue weighted by atomic mass is 19.1. The summed E-state index contributed by atoms with van der Waals surface area (Å²) in [4.78, 5) is 23.9. The van der Waals surface area contributed by atoms with E-state index in [2.05, 4.69) is 5.32 Å². The molecule has 0 spiro atoms. The van der Waals surface area contributed by atoms with E-state index in [4.69, 9.17) is 5.11 Å². The van der Waals surface area contributed by atoms with Gasteiger partial charge in [-0.1, -0.05) is 12.1 Å². The van der Waals surface area contributed by atoms with Crippen LogP contribution in [0.25, 0.3) is 0 Å². The third kappa shape index (κ3) is 4.62. The molecule has 6 heteroatoms. The Kier molecular flexibility index (Phi) is 5.64. The maximum absolute atomic E-state index is 13.1. The molecule has 20 heavy (non-hydrogen) atoms. The fourth-order valence-electron chi connectivity index (χ4n) is 1.63. The van der Waals surface area contributed by atoms with Crippen molar-refractivity contribution in [2.75, 3.05) is 13.6 Å². The molecule has 1 aromatic rings. The van der Waals surface area contributed by atoms with E-state index < -0.39 is 12.0 Å². The van der Waals surface area contributed by atoms with Crippen molar-refractivity contribution >= 4 is 11.9 Å². The number of aliphatic carboxylic acids is 1. The van der Waals surface area contributed by atoms with Crippen molar-refractivity contribution in [2.45, 2.75) is 26.4 Å². The lowest BCUT2D eigenvalue weighted by atomic mass is 10.1. The Morgan fingerprint density at radius 3 is 2.65 bits per heavy atom. The van der Waals surface area contributed by atoms with E-state index in [9.17, 15) is 14.0 Å². The zero-order chi connectivity index (χ0) is 15.3. The molecule has 1 amide bonds. The van der Waals surface area contributed by atoms with Crippen LogP contribution in [0.15, 0.2) is 18.2 Å². The van der Waals surface area contributed by atoms with E-state index in [1.54, 1.807) is 26.1 Å². The molecular formula is C14H19FN2O3. The van der Waals surface area contributed by atoms with Crippen LogP contribution in [0.5, 0.6) is 0 Å². The van der Waals surface area contributed by atoms with Crippen LogP contribution in [0, 0.1) is 12.7 Å². The van der Waals surface area contributed by atoms with Gasteiger partial charge >= 0.3 is 5.97 Å². The van der Waals surface area contributed by atoms with E-state index >= 15 is 0 Å². The van der Waals surface area contributed by atoms with Crippen molar-refractivity contribution in [1.82, 2.24) is 10.2 Å². The molecule has 1 rings (SSSR count). The third-order valence-corrected chi connectivity index (χ3v) is 3.12. The molecule has 0 aromatic heterocycles. The van der Waals surface area contributed by atoms with Crippen LogP contribution in [0.1, 0.15) is 18.1 Å². The van der Waals surface area contributed by atoms with Crippen LogP contribution in [-0.2, 0) is 16.1 Å². The number of likely N-dealkylation sites (N-methyl/N-ethyl adjacent to an activating group) is 1. The van der Waals surface area contributed by atoms with Gasteiger partial charge in [0.1, 0.15) is 11.9 Å². The van der Waals surface area contributed by atoms with Gasteiger partial charge in [-0.25, -0.2) is 4.39 Å². The van der Waals surface area contributed by atoms with E-state index in [-0.39, 0.29) is 24.8 Å². The topological polar surface area (TPSA) is 69.6 Å². The van der Waals surface area contributed by atoms with Crippen molar-refractivity contribution in [3.05, 3.63) is 35.1 Å². The highest BCUT2D eigenvalue weighted by Gasteiger charge is 2.18. The van der Waals surface area contributed by atoms with E-state index in [0.29, 0.717) is 5.56 Å². The number of aryl methyl sites for hydroxylation is 1. The first kappa shape index (κ1) is 16.1. The predicted molar refractivity (Wildman–Crippen MR) is 72.7 cm³/mol. The van der Waals surface area contributed by atoms with Crippen LogP contribution >= 0.6 is 0 Å². The second-order valence-electron chi connectivity index (χ2n) is 4.79. The summed E-state index contributed by atoms with van der Waals surface area (Å²) in [5.74, 6) is -1.54. The van der Waals surface area contributed by atoms with Crippen LogP contribution in [-0.4, -0.2) is 41.5 Å². The van der Waals surface area contributed by atoms with Gasteiger partial charge in [0.15, 0.2) is 0 Å². The molecule has 0 radical (unpaired) electrons. The number of nitrogens with one attached hydrogen (secondary N) is 1. The number of rotatable bonds is 6. The van der Waals surface area contributed by atoms with E-state index in [1.165, 1.54) is 17.9 Å². The van der Waals surface area contributed by atoms with Gasteiger partial charge in [-0.3, -0.25) is 14.5 Å². The molecule has 0 saturated heterocycles. The Morgan fingerprint density at radius 1 is 1.45 bits per heavy atom. The number of amides is 1.